The van der Waals surface area contributed by atoms with Gasteiger partial charge in [0.05, 0.1) is 10.8 Å². The molecule has 0 amide bonds. The molecule has 3 heteroatoms. The number of nitrogen functional groups attached to an aromatic ring is 1. The van der Waals surface area contributed by atoms with Crippen molar-refractivity contribution in [2.24, 2.45) is 5.92 Å². The zero-order valence-electron chi connectivity index (χ0n) is 8.11. The van der Waals surface area contributed by atoms with Crippen LogP contribution in [0.4, 0.5) is 5.69 Å². The Morgan fingerprint density at radius 3 is 2.43 bits per heavy atom. The average molecular weight is 209 g/mol. The first-order chi connectivity index (χ1) is 6.75. The number of benzene rings is 1. The van der Waals surface area contributed by atoms with Crippen molar-refractivity contribution in [3.05, 3.63) is 24.3 Å². The summed E-state index contributed by atoms with van der Waals surface area (Å²) in [5, 5.41) is 0. The monoisotopic (exact) mass is 209 g/mol. The third-order valence-electron chi connectivity index (χ3n) is 2.75. The van der Waals surface area contributed by atoms with E-state index in [1.54, 1.807) is 0 Å². The lowest BCUT2D eigenvalue weighted by molar-refractivity contribution is 0.350. The van der Waals surface area contributed by atoms with Gasteiger partial charge < -0.3 is 5.73 Å². The molecule has 1 aromatic carbocycles. The molecule has 0 saturated heterocycles. The molecular weight excluding hydrogens is 194 g/mol. The van der Waals surface area contributed by atoms with Crippen molar-refractivity contribution in [1.82, 2.24) is 0 Å². The molecule has 1 atom stereocenters. The molecule has 2 N–H and O–H groups in total. The molecule has 14 heavy (non-hydrogen) atoms. The summed E-state index contributed by atoms with van der Waals surface area (Å²) >= 11 is 0. The van der Waals surface area contributed by atoms with Crippen LogP contribution in [0.3, 0.4) is 0 Å². The van der Waals surface area contributed by atoms with Crippen molar-refractivity contribution in [1.29, 1.82) is 0 Å². The maximum absolute atomic E-state index is 11.8. The molecule has 1 aromatic rings. The van der Waals surface area contributed by atoms with Gasteiger partial charge in [-0.25, -0.2) is 0 Å². The second kappa shape index (κ2) is 4.13. The lowest BCUT2D eigenvalue weighted by Gasteiger charge is -2.24. The molecule has 0 spiro atoms. The van der Waals surface area contributed by atoms with E-state index in [-0.39, 0.29) is 0 Å². The van der Waals surface area contributed by atoms with Gasteiger partial charge in [-0.15, -0.1) is 0 Å². The summed E-state index contributed by atoms with van der Waals surface area (Å²) in [4.78, 5) is 0.908. The molecule has 2 nitrogen and oxygen atoms in total. The van der Waals surface area contributed by atoms with Crippen LogP contribution >= 0.6 is 0 Å². The van der Waals surface area contributed by atoms with Gasteiger partial charge in [0.1, 0.15) is 0 Å². The Labute approximate surface area is 87.0 Å². The second-order valence-electron chi connectivity index (χ2n) is 3.88. The van der Waals surface area contributed by atoms with E-state index in [1.807, 2.05) is 24.3 Å². The van der Waals surface area contributed by atoms with Gasteiger partial charge in [-0.2, -0.15) is 0 Å². The van der Waals surface area contributed by atoms with Crippen LogP contribution in [-0.4, -0.2) is 9.96 Å². The largest absolute Gasteiger partial charge is 0.399 e. The number of anilines is 1. The van der Waals surface area contributed by atoms with E-state index in [0.29, 0.717) is 5.92 Å². The molecule has 1 aliphatic carbocycles. The summed E-state index contributed by atoms with van der Waals surface area (Å²) in [5.74, 6) is 1.51. The van der Waals surface area contributed by atoms with Crippen molar-refractivity contribution in [3.8, 4) is 0 Å². The van der Waals surface area contributed by atoms with Crippen LogP contribution in [0.1, 0.15) is 19.3 Å². The minimum absolute atomic E-state index is 0.688. The maximum Gasteiger partial charge on any atom is 0.0532 e. The van der Waals surface area contributed by atoms with Crippen LogP contribution in [0.25, 0.3) is 0 Å². The Balaban J connectivity index is 1.99. The van der Waals surface area contributed by atoms with Crippen molar-refractivity contribution in [3.63, 3.8) is 0 Å². The van der Waals surface area contributed by atoms with Crippen LogP contribution in [0.15, 0.2) is 29.2 Å². The van der Waals surface area contributed by atoms with Crippen molar-refractivity contribution in [2.75, 3.05) is 11.5 Å². The van der Waals surface area contributed by atoms with Gasteiger partial charge in [-0.05, 0) is 43.0 Å². The van der Waals surface area contributed by atoms with E-state index in [9.17, 15) is 4.21 Å². The fraction of sp³-hybridized carbons (Fsp3) is 0.455. The molecule has 0 aliphatic heterocycles. The lowest BCUT2D eigenvalue weighted by Crippen LogP contribution is -2.18. The molecule has 1 saturated carbocycles. The molecule has 1 fully saturated rings. The molecule has 1 unspecified atom stereocenters. The average Bonchev–Trinajstić information content (AvgIpc) is 2.12. The summed E-state index contributed by atoms with van der Waals surface area (Å²) in [6.07, 6.45) is 3.81. The van der Waals surface area contributed by atoms with E-state index < -0.39 is 10.8 Å². The van der Waals surface area contributed by atoms with Gasteiger partial charge in [0.15, 0.2) is 0 Å². The third kappa shape index (κ3) is 2.15. The van der Waals surface area contributed by atoms with E-state index in [1.165, 1.54) is 19.3 Å². The highest BCUT2D eigenvalue weighted by molar-refractivity contribution is 7.85. The Morgan fingerprint density at radius 2 is 1.93 bits per heavy atom. The number of rotatable bonds is 3. The SMILES string of the molecule is Nc1ccc(S(=O)CC2CCC2)cc1. The molecule has 0 aromatic heterocycles. The number of nitrogens with two attached hydrogens (primary N) is 1. The van der Waals surface area contributed by atoms with Gasteiger partial charge in [-0.3, -0.25) is 4.21 Å². The normalized spacial score (nSPS) is 18.9. The smallest absolute Gasteiger partial charge is 0.0532 e. The van der Waals surface area contributed by atoms with Gasteiger partial charge in [0.25, 0.3) is 0 Å². The summed E-state index contributed by atoms with van der Waals surface area (Å²) in [7, 11) is -0.826. The first kappa shape index (κ1) is 9.71. The Kier molecular flexibility index (Phi) is 2.87. The van der Waals surface area contributed by atoms with Gasteiger partial charge >= 0.3 is 0 Å². The third-order valence-corrected chi connectivity index (χ3v) is 4.33. The first-order valence-electron chi connectivity index (χ1n) is 4.99. The standard InChI is InChI=1S/C11H15NOS/c12-10-4-6-11(7-5-10)14(13)8-9-2-1-3-9/h4-7,9H,1-3,8,12H2. The second-order valence-corrected chi connectivity index (χ2v) is 5.37. The van der Waals surface area contributed by atoms with Crippen LogP contribution in [0, 0.1) is 5.92 Å². The molecule has 2 rings (SSSR count). The number of hydrogen-bond donors (Lipinski definition) is 1. The van der Waals surface area contributed by atoms with E-state index in [2.05, 4.69) is 0 Å². The molecule has 1 aliphatic rings. The highest BCUT2D eigenvalue weighted by Gasteiger charge is 2.20. The Bertz CT molecular complexity index is 330. The van der Waals surface area contributed by atoms with E-state index in [4.69, 9.17) is 5.73 Å². The summed E-state index contributed by atoms with van der Waals surface area (Å²) < 4.78 is 11.8. The molecule has 76 valence electrons. The van der Waals surface area contributed by atoms with E-state index >= 15 is 0 Å². The zero-order valence-corrected chi connectivity index (χ0v) is 8.93. The summed E-state index contributed by atoms with van der Waals surface area (Å²) in [6, 6.07) is 7.36. The van der Waals surface area contributed by atoms with Crippen LogP contribution in [0.2, 0.25) is 0 Å². The van der Waals surface area contributed by atoms with Crippen molar-refractivity contribution < 1.29 is 4.21 Å². The fourth-order valence-corrected chi connectivity index (χ4v) is 2.98. The molecule has 0 bridgehead atoms. The summed E-state index contributed by atoms with van der Waals surface area (Å²) in [5.41, 5.74) is 6.30. The van der Waals surface area contributed by atoms with Crippen LogP contribution < -0.4 is 5.73 Å². The highest BCUT2D eigenvalue weighted by atomic mass is 32.2. The Hall–Kier alpha value is -0.830. The number of hydrogen-bond acceptors (Lipinski definition) is 2. The fourth-order valence-electron chi connectivity index (χ4n) is 1.59. The van der Waals surface area contributed by atoms with Gasteiger partial charge in [-0.1, -0.05) is 6.42 Å². The molecule has 0 radical (unpaired) electrons. The molecule has 0 heterocycles. The lowest BCUT2D eigenvalue weighted by atomic mass is 9.87. The predicted molar refractivity (Wildman–Crippen MR) is 59.5 cm³/mol. The topological polar surface area (TPSA) is 43.1 Å². The predicted octanol–water partition coefficient (Wildman–Crippen LogP) is 2.18. The zero-order chi connectivity index (χ0) is 9.97. The summed E-state index contributed by atoms with van der Waals surface area (Å²) in [6.45, 7) is 0. The maximum atomic E-state index is 11.8. The van der Waals surface area contributed by atoms with Gasteiger partial charge in [0, 0.05) is 16.3 Å². The van der Waals surface area contributed by atoms with Crippen molar-refractivity contribution in [2.45, 2.75) is 24.2 Å². The minimum Gasteiger partial charge on any atom is -0.399 e. The van der Waals surface area contributed by atoms with E-state index in [0.717, 1.165) is 16.3 Å². The first-order valence-corrected chi connectivity index (χ1v) is 6.31. The van der Waals surface area contributed by atoms with Gasteiger partial charge in [0.2, 0.25) is 0 Å². The quantitative estimate of drug-likeness (QED) is 0.775. The van der Waals surface area contributed by atoms with Crippen molar-refractivity contribution >= 4 is 16.5 Å². The minimum atomic E-state index is -0.826. The van der Waals surface area contributed by atoms with Crippen LogP contribution in [0.5, 0.6) is 0 Å². The molecular formula is C11H15NOS. The van der Waals surface area contributed by atoms with Crippen LogP contribution in [-0.2, 0) is 10.8 Å². The Morgan fingerprint density at radius 1 is 1.29 bits per heavy atom. The highest BCUT2D eigenvalue weighted by Crippen LogP contribution is 2.28.